The van der Waals surface area contributed by atoms with Crippen LogP contribution in [0.25, 0.3) is 0 Å². The minimum Gasteiger partial charge on any atom is -0.382 e. The lowest BCUT2D eigenvalue weighted by Gasteiger charge is -2.36. The molecule has 7 nitrogen and oxygen atoms in total. The zero-order valence-electron chi connectivity index (χ0n) is 11.1. The SMILES string of the molecule is Cc1[nH]nc(N)c1C(=O)N1CC(C(N)=O)CCC1C. The number of nitrogens with zero attached hydrogens (tertiary/aromatic N) is 2. The Hall–Kier alpha value is -2.05. The number of primary amides is 1. The van der Waals surface area contributed by atoms with Crippen molar-refractivity contribution in [1.82, 2.24) is 15.1 Å². The summed E-state index contributed by atoms with van der Waals surface area (Å²) >= 11 is 0. The predicted octanol–water partition coefficient (Wildman–Crippen LogP) is 0.0263. The van der Waals surface area contributed by atoms with Crippen LogP contribution in [0.1, 0.15) is 35.8 Å². The van der Waals surface area contributed by atoms with Gasteiger partial charge in [-0.05, 0) is 26.7 Å². The number of nitrogen functional groups attached to an aromatic ring is 1. The summed E-state index contributed by atoms with van der Waals surface area (Å²) in [5, 5.41) is 6.52. The number of likely N-dealkylation sites (tertiary alicyclic amines) is 1. The van der Waals surface area contributed by atoms with E-state index in [1.54, 1.807) is 11.8 Å². The normalized spacial score (nSPS) is 23.4. The molecule has 0 radical (unpaired) electrons. The van der Waals surface area contributed by atoms with Crippen LogP contribution in [0.5, 0.6) is 0 Å². The molecule has 1 aliphatic heterocycles. The minimum absolute atomic E-state index is 0.0665. The number of amides is 2. The van der Waals surface area contributed by atoms with Crippen molar-refractivity contribution in [2.75, 3.05) is 12.3 Å². The lowest BCUT2D eigenvalue weighted by Crippen LogP contribution is -2.48. The monoisotopic (exact) mass is 265 g/mol. The summed E-state index contributed by atoms with van der Waals surface area (Å²) < 4.78 is 0. The number of anilines is 1. The van der Waals surface area contributed by atoms with E-state index in [1.165, 1.54) is 0 Å². The third-order valence-corrected chi connectivity index (χ3v) is 3.73. The van der Waals surface area contributed by atoms with Crippen molar-refractivity contribution in [3.05, 3.63) is 11.3 Å². The van der Waals surface area contributed by atoms with Gasteiger partial charge in [0.15, 0.2) is 5.82 Å². The van der Waals surface area contributed by atoms with E-state index in [0.717, 1.165) is 12.8 Å². The predicted molar refractivity (Wildman–Crippen MR) is 70.2 cm³/mol. The number of aromatic amines is 1. The summed E-state index contributed by atoms with van der Waals surface area (Å²) in [6, 6.07) is 0.0665. The quantitative estimate of drug-likeness (QED) is 0.698. The van der Waals surface area contributed by atoms with E-state index in [4.69, 9.17) is 11.5 Å². The fourth-order valence-corrected chi connectivity index (χ4v) is 2.48. The standard InChI is InChI=1S/C12H19N5O2/c1-6-3-4-8(11(14)18)5-17(6)12(19)9-7(2)15-16-10(9)13/h6,8H,3-5H2,1-2H3,(H2,14,18)(H3,13,15,16). The Kier molecular flexibility index (Phi) is 3.46. The molecule has 104 valence electrons. The molecule has 2 amide bonds. The molecule has 2 heterocycles. The largest absolute Gasteiger partial charge is 0.382 e. The van der Waals surface area contributed by atoms with E-state index < -0.39 is 0 Å². The Labute approximate surface area is 111 Å². The Bertz CT molecular complexity index is 491. The van der Waals surface area contributed by atoms with Gasteiger partial charge in [0.05, 0.1) is 5.92 Å². The number of rotatable bonds is 2. The highest BCUT2D eigenvalue weighted by molar-refractivity contribution is 6.00. The number of nitrogens with one attached hydrogen (secondary N) is 1. The van der Waals surface area contributed by atoms with Gasteiger partial charge in [-0.3, -0.25) is 14.7 Å². The maximum Gasteiger partial charge on any atom is 0.259 e. The maximum absolute atomic E-state index is 12.5. The second kappa shape index (κ2) is 4.91. The Morgan fingerprint density at radius 2 is 2.11 bits per heavy atom. The number of aromatic nitrogens is 2. The van der Waals surface area contributed by atoms with Crippen LogP contribution < -0.4 is 11.5 Å². The molecule has 5 N–H and O–H groups in total. The van der Waals surface area contributed by atoms with Gasteiger partial charge < -0.3 is 16.4 Å². The summed E-state index contributed by atoms with van der Waals surface area (Å²) in [7, 11) is 0. The van der Waals surface area contributed by atoms with Gasteiger partial charge in [0.2, 0.25) is 5.91 Å². The summed E-state index contributed by atoms with van der Waals surface area (Å²) in [6.07, 6.45) is 1.48. The fraction of sp³-hybridized carbons (Fsp3) is 0.583. The Morgan fingerprint density at radius 1 is 1.42 bits per heavy atom. The van der Waals surface area contributed by atoms with Gasteiger partial charge in [-0.1, -0.05) is 0 Å². The first-order valence-electron chi connectivity index (χ1n) is 6.32. The molecule has 1 aromatic rings. The van der Waals surface area contributed by atoms with Crippen molar-refractivity contribution in [2.45, 2.75) is 32.7 Å². The third-order valence-electron chi connectivity index (χ3n) is 3.73. The van der Waals surface area contributed by atoms with Crippen LogP contribution >= 0.6 is 0 Å². The van der Waals surface area contributed by atoms with Crippen LogP contribution in [0.4, 0.5) is 5.82 Å². The van der Waals surface area contributed by atoms with Crippen molar-refractivity contribution in [2.24, 2.45) is 11.7 Å². The molecule has 7 heteroatoms. The highest BCUT2D eigenvalue weighted by atomic mass is 16.2. The second-order valence-electron chi connectivity index (χ2n) is 5.09. The number of carbonyl (C=O) groups is 2. The molecule has 0 aliphatic carbocycles. The van der Waals surface area contributed by atoms with E-state index in [1.807, 2.05) is 6.92 Å². The van der Waals surface area contributed by atoms with E-state index in [0.29, 0.717) is 17.8 Å². The molecule has 1 fully saturated rings. The lowest BCUT2D eigenvalue weighted by atomic mass is 9.92. The second-order valence-corrected chi connectivity index (χ2v) is 5.09. The van der Waals surface area contributed by atoms with Gasteiger partial charge in [0.25, 0.3) is 5.91 Å². The van der Waals surface area contributed by atoms with Gasteiger partial charge in [0.1, 0.15) is 5.56 Å². The van der Waals surface area contributed by atoms with Crippen molar-refractivity contribution in [3.63, 3.8) is 0 Å². The highest BCUT2D eigenvalue weighted by Crippen LogP contribution is 2.25. The van der Waals surface area contributed by atoms with Crippen LogP contribution in [0.15, 0.2) is 0 Å². The first-order chi connectivity index (χ1) is 8.91. The molecule has 19 heavy (non-hydrogen) atoms. The molecule has 1 aliphatic rings. The van der Waals surface area contributed by atoms with E-state index in [2.05, 4.69) is 10.2 Å². The van der Waals surface area contributed by atoms with E-state index in [9.17, 15) is 9.59 Å². The van der Waals surface area contributed by atoms with Crippen LogP contribution in [0.3, 0.4) is 0 Å². The zero-order chi connectivity index (χ0) is 14.2. The highest BCUT2D eigenvalue weighted by Gasteiger charge is 2.33. The third kappa shape index (κ3) is 2.40. The van der Waals surface area contributed by atoms with E-state index >= 15 is 0 Å². The number of hydrogen-bond donors (Lipinski definition) is 3. The average molecular weight is 265 g/mol. The number of aryl methyl sites for hydroxylation is 1. The van der Waals surface area contributed by atoms with E-state index in [-0.39, 0.29) is 29.6 Å². The van der Waals surface area contributed by atoms with Gasteiger partial charge in [0, 0.05) is 18.3 Å². The van der Waals surface area contributed by atoms with Gasteiger partial charge >= 0.3 is 0 Å². The molecule has 0 saturated carbocycles. The summed E-state index contributed by atoms with van der Waals surface area (Å²) in [4.78, 5) is 25.5. The molecule has 1 aromatic heterocycles. The van der Waals surface area contributed by atoms with Crippen molar-refractivity contribution in [1.29, 1.82) is 0 Å². The van der Waals surface area contributed by atoms with Gasteiger partial charge in [-0.25, -0.2) is 0 Å². The van der Waals surface area contributed by atoms with Crippen LogP contribution in [0, 0.1) is 12.8 Å². The van der Waals surface area contributed by atoms with Gasteiger partial charge in [-0.2, -0.15) is 5.10 Å². The zero-order valence-corrected chi connectivity index (χ0v) is 11.1. The number of nitrogens with two attached hydrogens (primary N) is 2. The van der Waals surface area contributed by atoms with Crippen molar-refractivity contribution in [3.8, 4) is 0 Å². The van der Waals surface area contributed by atoms with Crippen LogP contribution in [0.2, 0.25) is 0 Å². The van der Waals surface area contributed by atoms with Crippen molar-refractivity contribution < 1.29 is 9.59 Å². The summed E-state index contributed by atoms with van der Waals surface area (Å²) in [6.45, 7) is 4.05. The van der Waals surface area contributed by atoms with Crippen LogP contribution in [-0.2, 0) is 4.79 Å². The number of H-pyrrole nitrogens is 1. The molecule has 2 atom stereocenters. The molecular weight excluding hydrogens is 246 g/mol. The molecule has 0 bridgehead atoms. The van der Waals surface area contributed by atoms with Gasteiger partial charge in [-0.15, -0.1) is 0 Å². The minimum atomic E-state index is -0.360. The Morgan fingerprint density at radius 3 is 2.63 bits per heavy atom. The lowest BCUT2D eigenvalue weighted by molar-refractivity contribution is -0.123. The molecule has 2 unspecified atom stereocenters. The molecule has 2 rings (SSSR count). The van der Waals surface area contributed by atoms with Crippen LogP contribution in [-0.4, -0.2) is 39.5 Å². The smallest absolute Gasteiger partial charge is 0.259 e. The number of hydrogen-bond acceptors (Lipinski definition) is 4. The maximum atomic E-state index is 12.5. The van der Waals surface area contributed by atoms with Crippen molar-refractivity contribution >= 4 is 17.6 Å². The average Bonchev–Trinajstić information content (AvgIpc) is 2.68. The fourth-order valence-electron chi connectivity index (χ4n) is 2.48. The molecular formula is C12H19N5O2. The Balaban J connectivity index is 2.24. The first-order valence-corrected chi connectivity index (χ1v) is 6.32. The first kappa shape index (κ1) is 13.4. The summed E-state index contributed by atoms with van der Waals surface area (Å²) in [5.41, 5.74) is 12.1. The number of carbonyl (C=O) groups excluding carboxylic acids is 2. The molecule has 0 spiro atoms. The number of piperidine rings is 1. The topological polar surface area (TPSA) is 118 Å². The molecule has 1 saturated heterocycles. The molecule has 0 aromatic carbocycles. The summed E-state index contributed by atoms with van der Waals surface area (Å²) in [5.74, 6) is -0.645.